The van der Waals surface area contributed by atoms with Crippen molar-refractivity contribution < 1.29 is 14.3 Å². The van der Waals surface area contributed by atoms with Crippen molar-refractivity contribution in [1.82, 2.24) is 4.98 Å². The maximum absolute atomic E-state index is 11.7. The Morgan fingerprint density at radius 3 is 2.59 bits per heavy atom. The summed E-state index contributed by atoms with van der Waals surface area (Å²) in [7, 11) is 0. The molecule has 1 aromatic heterocycles. The molecule has 2 rings (SSSR count). The predicted octanol–water partition coefficient (Wildman–Crippen LogP) is 3.08. The van der Waals surface area contributed by atoms with Gasteiger partial charge in [0.05, 0.1) is 22.2 Å². The molecule has 0 saturated heterocycles. The van der Waals surface area contributed by atoms with Gasteiger partial charge in [-0.25, -0.2) is 4.98 Å². The highest BCUT2D eigenvalue weighted by Gasteiger charge is 2.17. The standard InChI is InChI=1S/C14H12Cl2N2O3S/c1-7(13(17)20)21-11(19)5-8-6-22-14(18-8)12-9(15)3-2-4-10(12)16/h2-4,6-7H,5H2,1H3,(H2,17,20)/t7-/m1/s1. The average molecular weight is 359 g/mol. The highest BCUT2D eigenvalue weighted by Crippen LogP contribution is 2.36. The fourth-order valence-corrected chi connectivity index (χ4v) is 3.23. The summed E-state index contributed by atoms with van der Waals surface area (Å²) in [4.78, 5) is 26.9. The Hall–Kier alpha value is -1.63. The summed E-state index contributed by atoms with van der Waals surface area (Å²) in [6.45, 7) is 1.41. The van der Waals surface area contributed by atoms with Crippen LogP contribution in [-0.2, 0) is 20.7 Å². The van der Waals surface area contributed by atoms with Crippen LogP contribution in [0, 0.1) is 0 Å². The van der Waals surface area contributed by atoms with Crippen LogP contribution in [0.2, 0.25) is 10.0 Å². The Kier molecular flexibility index (Phi) is 5.39. The quantitative estimate of drug-likeness (QED) is 0.832. The molecule has 0 aliphatic heterocycles. The van der Waals surface area contributed by atoms with E-state index in [1.165, 1.54) is 18.3 Å². The lowest BCUT2D eigenvalue weighted by Crippen LogP contribution is -2.30. The molecular weight excluding hydrogens is 347 g/mol. The highest BCUT2D eigenvalue weighted by molar-refractivity contribution is 7.13. The summed E-state index contributed by atoms with van der Waals surface area (Å²) >= 11 is 13.6. The number of esters is 1. The van der Waals surface area contributed by atoms with Gasteiger partial charge in [-0.3, -0.25) is 9.59 Å². The van der Waals surface area contributed by atoms with Crippen LogP contribution >= 0.6 is 34.5 Å². The van der Waals surface area contributed by atoms with Gasteiger partial charge in [0.15, 0.2) is 6.10 Å². The number of carbonyl (C=O) groups is 2. The van der Waals surface area contributed by atoms with Crippen LogP contribution in [0.5, 0.6) is 0 Å². The number of carbonyl (C=O) groups excluding carboxylic acids is 2. The maximum Gasteiger partial charge on any atom is 0.312 e. The number of aromatic nitrogens is 1. The van der Waals surface area contributed by atoms with Crippen LogP contribution < -0.4 is 5.73 Å². The molecule has 1 aromatic carbocycles. The number of benzene rings is 1. The van der Waals surface area contributed by atoms with Crippen molar-refractivity contribution in [2.45, 2.75) is 19.4 Å². The summed E-state index contributed by atoms with van der Waals surface area (Å²) in [5.74, 6) is -1.27. The van der Waals surface area contributed by atoms with Gasteiger partial charge >= 0.3 is 5.97 Å². The first-order chi connectivity index (χ1) is 10.4. The molecule has 0 bridgehead atoms. The van der Waals surface area contributed by atoms with Crippen molar-refractivity contribution in [2.75, 3.05) is 0 Å². The minimum Gasteiger partial charge on any atom is -0.452 e. The third-order valence-electron chi connectivity index (χ3n) is 2.76. The molecule has 0 aliphatic carbocycles. The maximum atomic E-state index is 11.7. The summed E-state index contributed by atoms with van der Waals surface area (Å²) in [5, 5.41) is 3.29. The molecule has 2 N–H and O–H groups in total. The van der Waals surface area contributed by atoms with Gasteiger partial charge in [-0.2, -0.15) is 0 Å². The van der Waals surface area contributed by atoms with E-state index >= 15 is 0 Å². The minimum atomic E-state index is -0.969. The van der Waals surface area contributed by atoms with Crippen LogP contribution in [0.4, 0.5) is 0 Å². The number of amides is 1. The van der Waals surface area contributed by atoms with Crippen LogP contribution in [0.15, 0.2) is 23.6 Å². The van der Waals surface area contributed by atoms with Crippen LogP contribution in [0.25, 0.3) is 10.6 Å². The molecule has 8 heteroatoms. The van der Waals surface area contributed by atoms with Gasteiger partial charge in [0, 0.05) is 10.9 Å². The first-order valence-electron chi connectivity index (χ1n) is 6.26. The number of nitrogens with two attached hydrogens (primary N) is 1. The lowest BCUT2D eigenvalue weighted by molar-refractivity contribution is -0.153. The molecule has 5 nitrogen and oxygen atoms in total. The van der Waals surface area contributed by atoms with Crippen molar-refractivity contribution >= 4 is 46.4 Å². The van der Waals surface area contributed by atoms with Crippen molar-refractivity contribution in [3.8, 4) is 10.6 Å². The molecule has 0 fully saturated rings. The molecule has 1 amide bonds. The summed E-state index contributed by atoms with van der Waals surface area (Å²) in [5.41, 5.74) is 6.17. The van der Waals surface area contributed by atoms with Crippen molar-refractivity contribution in [2.24, 2.45) is 5.73 Å². The molecule has 116 valence electrons. The lowest BCUT2D eigenvalue weighted by atomic mass is 10.2. The molecule has 0 aliphatic rings. The van der Waals surface area contributed by atoms with Gasteiger partial charge in [-0.05, 0) is 19.1 Å². The number of hydrogen-bond acceptors (Lipinski definition) is 5. The zero-order chi connectivity index (χ0) is 16.3. The third kappa shape index (κ3) is 3.97. The number of rotatable bonds is 5. The number of nitrogens with zero attached hydrogens (tertiary/aromatic N) is 1. The number of halogens is 2. The van der Waals surface area contributed by atoms with E-state index in [1.54, 1.807) is 23.6 Å². The van der Waals surface area contributed by atoms with Crippen LogP contribution in [0.1, 0.15) is 12.6 Å². The van der Waals surface area contributed by atoms with E-state index in [1.807, 2.05) is 0 Å². The van der Waals surface area contributed by atoms with E-state index in [9.17, 15) is 9.59 Å². The Morgan fingerprint density at radius 1 is 1.36 bits per heavy atom. The fraction of sp³-hybridized carbons (Fsp3) is 0.214. The second-order valence-corrected chi connectivity index (χ2v) is 6.12. The number of thiazole rings is 1. The predicted molar refractivity (Wildman–Crippen MR) is 86.0 cm³/mol. The van der Waals surface area contributed by atoms with E-state index in [0.717, 1.165) is 0 Å². The Labute approximate surface area is 141 Å². The van der Waals surface area contributed by atoms with Crippen molar-refractivity contribution in [3.63, 3.8) is 0 Å². The van der Waals surface area contributed by atoms with E-state index < -0.39 is 18.0 Å². The van der Waals surface area contributed by atoms with E-state index in [4.69, 9.17) is 33.7 Å². The minimum absolute atomic E-state index is 0.0593. The smallest absolute Gasteiger partial charge is 0.312 e. The first kappa shape index (κ1) is 16.7. The zero-order valence-corrected chi connectivity index (χ0v) is 13.8. The Balaban J connectivity index is 2.12. The Bertz CT molecular complexity index is 698. The molecule has 22 heavy (non-hydrogen) atoms. The fourth-order valence-electron chi connectivity index (χ4n) is 1.65. The summed E-state index contributed by atoms with van der Waals surface area (Å²) in [6.07, 6.45) is -1.03. The molecule has 1 heterocycles. The van der Waals surface area contributed by atoms with Gasteiger partial charge in [0.25, 0.3) is 5.91 Å². The monoisotopic (exact) mass is 358 g/mol. The third-order valence-corrected chi connectivity index (χ3v) is 4.30. The topological polar surface area (TPSA) is 82.3 Å². The largest absolute Gasteiger partial charge is 0.452 e. The molecule has 2 aromatic rings. The summed E-state index contributed by atoms with van der Waals surface area (Å²) in [6, 6.07) is 5.17. The molecule has 0 saturated carbocycles. The van der Waals surface area contributed by atoms with E-state index in [0.29, 0.717) is 26.3 Å². The molecular formula is C14H12Cl2N2O3S. The molecule has 1 atom stereocenters. The van der Waals surface area contributed by atoms with Crippen molar-refractivity contribution in [3.05, 3.63) is 39.3 Å². The molecule has 0 spiro atoms. The Morgan fingerprint density at radius 2 is 2.00 bits per heavy atom. The van der Waals surface area contributed by atoms with Gasteiger partial charge in [-0.1, -0.05) is 29.3 Å². The zero-order valence-electron chi connectivity index (χ0n) is 11.5. The molecule has 0 radical (unpaired) electrons. The van der Waals surface area contributed by atoms with Gasteiger partial charge < -0.3 is 10.5 Å². The van der Waals surface area contributed by atoms with E-state index in [-0.39, 0.29) is 6.42 Å². The van der Waals surface area contributed by atoms with Gasteiger partial charge in [0.2, 0.25) is 0 Å². The van der Waals surface area contributed by atoms with Gasteiger partial charge in [-0.15, -0.1) is 11.3 Å². The summed E-state index contributed by atoms with van der Waals surface area (Å²) < 4.78 is 4.88. The average Bonchev–Trinajstić information content (AvgIpc) is 2.86. The second kappa shape index (κ2) is 7.09. The first-order valence-corrected chi connectivity index (χ1v) is 7.89. The normalized spacial score (nSPS) is 12.0. The van der Waals surface area contributed by atoms with E-state index in [2.05, 4.69) is 4.98 Å². The SMILES string of the molecule is C[C@@H](OC(=O)Cc1csc(-c2c(Cl)cccc2Cl)n1)C(N)=O. The second-order valence-electron chi connectivity index (χ2n) is 4.45. The van der Waals surface area contributed by atoms with Crippen molar-refractivity contribution in [1.29, 1.82) is 0 Å². The van der Waals surface area contributed by atoms with Crippen LogP contribution in [0.3, 0.4) is 0 Å². The lowest BCUT2D eigenvalue weighted by Gasteiger charge is -2.08. The number of ether oxygens (including phenoxy) is 1. The molecule has 0 unspecified atom stereocenters. The number of hydrogen-bond donors (Lipinski definition) is 1. The highest BCUT2D eigenvalue weighted by atomic mass is 35.5. The van der Waals surface area contributed by atoms with Crippen LogP contribution in [-0.4, -0.2) is 23.0 Å². The van der Waals surface area contributed by atoms with Gasteiger partial charge in [0.1, 0.15) is 5.01 Å². The number of primary amides is 1.